The van der Waals surface area contributed by atoms with Gasteiger partial charge in [-0.05, 0) is 35.1 Å². The Bertz CT molecular complexity index is 926. The van der Waals surface area contributed by atoms with Gasteiger partial charge in [0.05, 0.1) is 0 Å². The van der Waals surface area contributed by atoms with E-state index in [-0.39, 0.29) is 17.4 Å². The van der Waals surface area contributed by atoms with E-state index in [1.165, 1.54) is 16.7 Å². The fraction of sp³-hybridized carbons (Fsp3) is 0.217. The highest BCUT2D eigenvalue weighted by Gasteiger charge is 2.42. The highest BCUT2D eigenvalue weighted by atomic mass is 14.5. The van der Waals surface area contributed by atoms with Crippen molar-refractivity contribution in [1.29, 1.82) is 10.5 Å². The minimum absolute atomic E-state index is 0.0814. The van der Waals surface area contributed by atoms with E-state index in [1.807, 2.05) is 12.1 Å². The molecule has 0 heterocycles. The summed E-state index contributed by atoms with van der Waals surface area (Å²) in [6.07, 6.45) is 13.1. The Morgan fingerprint density at radius 2 is 1.60 bits per heavy atom. The van der Waals surface area contributed by atoms with Gasteiger partial charge in [-0.3, -0.25) is 0 Å². The lowest BCUT2D eigenvalue weighted by Gasteiger charge is -2.34. The lowest BCUT2D eigenvalue weighted by Crippen LogP contribution is -2.27. The van der Waals surface area contributed by atoms with Crippen LogP contribution in [0.25, 0.3) is 5.57 Å². The molecule has 2 heteroatoms. The van der Waals surface area contributed by atoms with Gasteiger partial charge in [0.15, 0.2) is 0 Å². The Labute approximate surface area is 148 Å². The third-order valence-electron chi connectivity index (χ3n) is 5.65. The van der Waals surface area contributed by atoms with Crippen LogP contribution in [0.2, 0.25) is 0 Å². The first-order valence-electron chi connectivity index (χ1n) is 8.60. The van der Waals surface area contributed by atoms with E-state index in [0.29, 0.717) is 11.8 Å². The van der Waals surface area contributed by atoms with Gasteiger partial charge in [0.2, 0.25) is 0 Å². The third kappa shape index (κ3) is 2.39. The summed E-state index contributed by atoms with van der Waals surface area (Å²) in [7, 11) is 0. The minimum atomic E-state index is 0.0814. The van der Waals surface area contributed by atoms with Crippen LogP contribution in [0.1, 0.15) is 12.5 Å². The lowest BCUT2D eigenvalue weighted by molar-refractivity contribution is 0.358. The summed E-state index contributed by atoms with van der Waals surface area (Å²) in [4.78, 5) is 0. The van der Waals surface area contributed by atoms with Crippen molar-refractivity contribution in [3.05, 3.63) is 89.1 Å². The molecule has 0 saturated carbocycles. The molecule has 0 spiro atoms. The van der Waals surface area contributed by atoms with E-state index >= 15 is 0 Å². The zero-order valence-corrected chi connectivity index (χ0v) is 14.1. The summed E-state index contributed by atoms with van der Waals surface area (Å²) < 4.78 is 0. The molecular weight excluding hydrogens is 304 g/mol. The molecule has 0 aliphatic heterocycles. The molecule has 1 aromatic rings. The zero-order valence-electron chi connectivity index (χ0n) is 14.1. The Balaban J connectivity index is 1.87. The average molecular weight is 322 g/mol. The monoisotopic (exact) mass is 322 g/mol. The summed E-state index contributed by atoms with van der Waals surface area (Å²) in [6, 6.07) is 14.6. The number of hydrogen-bond acceptors (Lipinski definition) is 2. The van der Waals surface area contributed by atoms with Crippen LogP contribution in [0.5, 0.6) is 0 Å². The molecule has 0 aromatic heterocycles. The maximum atomic E-state index is 9.37. The predicted octanol–water partition coefficient (Wildman–Crippen LogP) is 4.98. The van der Waals surface area contributed by atoms with E-state index in [9.17, 15) is 10.5 Å². The smallest absolute Gasteiger partial charge is 0.133 e. The van der Waals surface area contributed by atoms with E-state index in [4.69, 9.17) is 0 Å². The minimum Gasteiger partial charge on any atom is -0.192 e. The topological polar surface area (TPSA) is 47.6 Å². The predicted molar refractivity (Wildman–Crippen MR) is 98.7 cm³/mol. The molecule has 25 heavy (non-hydrogen) atoms. The molecule has 2 bridgehead atoms. The van der Waals surface area contributed by atoms with Gasteiger partial charge in [-0.25, -0.2) is 0 Å². The molecule has 4 atom stereocenters. The molecule has 0 radical (unpaired) electrons. The molecular formula is C23H18N2. The fourth-order valence-electron chi connectivity index (χ4n) is 4.40. The fourth-order valence-corrected chi connectivity index (χ4v) is 4.40. The highest BCUT2D eigenvalue weighted by molar-refractivity contribution is 5.71. The molecule has 0 amide bonds. The van der Waals surface area contributed by atoms with Crippen molar-refractivity contribution in [2.75, 3.05) is 0 Å². The average Bonchev–Trinajstić information content (AvgIpc) is 2.94. The van der Waals surface area contributed by atoms with Crippen molar-refractivity contribution in [2.45, 2.75) is 6.92 Å². The standard InChI is InChI=1S/C23H18N2/c1-15(16-5-3-2-4-6-16)19-11-12-21-17-7-9-20(18(13-24)14-25)22(10-8-17)23(19)21/h2-12,17,21-23H,1H3/b19-15+/t17-,21+,22-,23+/m0/s1. The molecule has 4 aliphatic carbocycles. The van der Waals surface area contributed by atoms with Crippen molar-refractivity contribution in [2.24, 2.45) is 23.7 Å². The van der Waals surface area contributed by atoms with Gasteiger partial charge in [-0.15, -0.1) is 0 Å². The third-order valence-corrected chi connectivity index (χ3v) is 5.65. The van der Waals surface area contributed by atoms with E-state index in [2.05, 4.69) is 73.7 Å². The largest absolute Gasteiger partial charge is 0.192 e. The maximum Gasteiger partial charge on any atom is 0.133 e. The van der Waals surface area contributed by atoms with E-state index < -0.39 is 0 Å². The van der Waals surface area contributed by atoms with Gasteiger partial charge in [0.1, 0.15) is 17.7 Å². The van der Waals surface area contributed by atoms with Crippen LogP contribution in [-0.4, -0.2) is 0 Å². The Hall–Kier alpha value is -3.10. The Kier molecular flexibility index (Phi) is 3.75. The SMILES string of the molecule is C/C(=C1/C=C[C@@H]2[C@H]3C=CC(=C(C#N)C#N)[C@H](C=C3)[C@H]12)c1ccccc1. The molecule has 120 valence electrons. The number of rotatable bonds is 1. The van der Waals surface area contributed by atoms with Gasteiger partial charge in [0, 0.05) is 17.8 Å². The van der Waals surface area contributed by atoms with Crippen molar-refractivity contribution < 1.29 is 0 Å². The van der Waals surface area contributed by atoms with Crippen LogP contribution >= 0.6 is 0 Å². The summed E-state index contributed by atoms with van der Waals surface area (Å²) in [5.74, 6) is 1.10. The molecule has 1 aromatic carbocycles. The molecule has 4 aliphatic rings. The first-order chi connectivity index (χ1) is 12.2. The second-order valence-electron chi connectivity index (χ2n) is 6.81. The number of nitriles is 2. The van der Waals surface area contributed by atoms with Crippen LogP contribution in [0.15, 0.2) is 83.5 Å². The molecule has 5 rings (SSSR count). The van der Waals surface area contributed by atoms with Crippen LogP contribution in [0.4, 0.5) is 0 Å². The van der Waals surface area contributed by atoms with Crippen LogP contribution in [0, 0.1) is 46.3 Å². The van der Waals surface area contributed by atoms with Crippen LogP contribution in [-0.2, 0) is 0 Å². The van der Waals surface area contributed by atoms with E-state index in [0.717, 1.165) is 5.57 Å². The summed E-state index contributed by atoms with van der Waals surface area (Å²) >= 11 is 0. The van der Waals surface area contributed by atoms with Crippen molar-refractivity contribution >= 4 is 5.57 Å². The zero-order chi connectivity index (χ0) is 17.4. The normalized spacial score (nSPS) is 30.4. The first-order valence-corrected chi connectivity index (χ1v) is 8.60. The van der Waals surface area contributed by atoms with Gasteiger partial charge < -0.3 is 0 Å². The Morgan fingerprint density at radius 3 is 2.32 bits per heavy atom. The van der Waals surface area contributed by atoms with Crippen LogP contribution < -0.4 is 0 Å². The summed E-state index contributed by atoms with van der Waals surface area (Å²) in [6.45, 7) is 2.17. The second kappa shape index (κ2) is 6.08. The highest BCUT2D eigenvalue weighted by Crippen LogP contribution is 2.51. The maximum absolute atomic E-state index is 9.37. The molecule has 0 fully saturated rings. The Morgan fingerprint density at radius 1 is 0.880 bits per heavy atom. The van der Waals surface area contributed by atoms with Crippen molar-refractivity contribution in [3.8, 4) is 12.1 Å². The van der Waals surface area contributed by atoms with E-state index in [1.54, 1.807) is 0 Å². The van der Waals surface area contributed by atoms with Gasteiger partial charge in [-0.2, -0.15) is 10.5 Å². The number of benzene rings is 1. The van der Waals surface area contributed by atoms with Crippen molar-refractivity contribution in [1.82, 2.24) is 0 Å². The number of allylic oxidation sites excluding steroid dienone is 10. The molecule has 2 nitrogen and oxygen atoms in total. The van der Waals surface area contributed by atoms with Crippen LogP contribution in [0.3, 0.4) is 0 Å². The van der Waals surface area contributed by atoms with Crippen molar-refractivity contribution in [3.63, 3.8) is 0 Å². The number of hydrogen-bond donors (Lipinski definition) is 0. The lowest BCUT2D eigenvalue weighted by atomic mass is 9.69. The molecule has 0 saturated heterocycles. The molecule has 0 N–H and O–H groups in total. The van der Waals surface area contributed by atoms with Gasteiger partial charge in [0.25, 0.3) is 0 Å². The number of fused-ring (bicyclic) bond motifs is 1. The first kappa shape index (κ1) is 15.4. The molecule has 0 unspecified atom stereocenters. The number of nitrogens with zero attached hydrogens (tertiary/aromatic N) is 2. The second-order valence-corrected chi connectivity index (χ2v) is 6.81. The summed E-state index contributed by atoms with van der Waals surface area (Å²) in [5.41, 5.74) is 4.92. The van der Waals surface area contributed by atoms with Gasteiger partial charge >= 0.3 is 0 Å². The van der Waals surface area contributed by atoms with Gasteiger partial charge in [-0.1, -0.05) is 66.8 Å². The summed E-state index contributed by atoms with van der Waals surface area (Å²) in [5, 5.41) is 18.7. The quantitative estimate of drug-likeness (QED) is 0.541.